The van der Waals surface area contributed by atoms with Gasteiger partial charge >= 0.3 is 0 Å². The smallest absolute Gasteiger partial charge is 0.0908 e. The van der Waals surface area contributed by atoms with Gasteiger partial charge in [-0.3, -0.25) is 0 Å². The molecule has 0 spiro atoms. The summed E-state index contributed by atoms with van der Waals surface area (Å²) in [6, 6.07) is 0. The molecule has 0 N–H and O–H groups in total. The lowest BCUT2D eigenvalue weighted by atomic mass is 10.6. The molecule has 0 unspecified atom stereocenters. The Kier molecular flexibility index (Phi) is 2.03. The van der Waals surface area contributed by atoms with Crippen molar-refractivity contribution in [3.05, 3.63) is 12.3 Å². The number of hydrogen-bond donors (Lipinski definition) is 0. The first-order valence-corrected chi connectivity index (χ1v) is 2.51. The van der Waals surface area contributed by atoms with Gasteiger partial charge in [0.25, 0.3) is 0 Å². The minimum Gasteiger partial charge on any atom is -0.305 e. The summed E-state index contributed by atoms with van der Waals surface area (Å²) in [4.78, 5) is 0. The second kappa shape index (κ2) is 2.12. The topological polar surface area (TPSA) is 0 Å². The molecule has 0 aromatic carbocycles. The Morgan fingerprint density at radius 1 is 1.14 bits per heavy atom. The standard InChI is InChI=1S/C6H14N/c1-5-6-7(2,3)4/h5-6H,1-4H3/q+1/b6-5+. The highest BCUT2D eigenvalue weighted by atomic mass is 15.3. The quantitative estimate of drug-likeness (QED) is 0.435. The Morgan fingerprint density at radius 2 is 1.57 bits per heavy atom. The first kappa shape index (κ1) is 6.70. The Morgan fingerprint density at radius 3 is 1.57 bits per heavy atom. The van der Waals surface area contributed by atoms with Crippen LogP contribution >= 0.6 is 0 Å². The monoisotopic (exact) mass is 100 g/mol. The third kappa shape index (κ3) is 5.70. The first-order valence-electron chi connectivity index (χ1n) is 2.51. The van der Waals surface area contributed by atoms with Crippen molar-refractivity contribution in [1.29, 1.82) is 0 Å². The minimum absolute atomic E-state index is 0.913. The highest BCUT2D eigenvalue weighted by Gasteiger charge is 1.95. The van der Waals surface area contributed by atoms with Crippen LogP contribution in [0.1, 0.15) is 6.92 Å². The summed E-state index contributed by atoms with van der Waals surface area (Å²) >= 11 is 0. The van der Waals surface area contributed by atoms with Crippen LogP contribution in [0.4, 0.5) is 0 Å². The SMILES string of the molecule is C/C=C/[N+](C)(C)C. The normalized spacial score (nSPS) is 13.1. The van der Waals surface area contributed by atoms with Crippen LogP contribution in [0.5, 0.6) is 0 Å². The van der Waals surface area contributed by atoms with Gasteiger partial charge in [-0.1, -0.05) is 0 Å². The Labute approximate surface area is 45.8 Å². The average Bonchev–Trinajstić information content (AvgIpc) is 1.30. The Hall–Kier alpha value is -0.300. The molecule has 0 aliphatic carbocycles. The Balaban J connectivity index is 3.56. The van der Waals surface area contributed by atoms with Gasteiger partial charge < -0.3 is 4.48 Å². The van der Waals surface area contributed by atoms with Crippen LogP contribution in [-0.2, 0) is 0 Å². The molecule has 0 saturated carbocycles. The van der Waals surface area contributed by atoms with Crippen LogP contribution in [0.15, 0.2) is 12.3 Å². The molecule has 0 heterocycles. The fourth-order valence-electron chi connectivity index (χ4n) is 0.447. The van der Waals surface area contributed by atoms with E-state index in [9.17, 15) is 0 Å². The van der Waals surface area contributed by atoms with E-state index in [2.05, 4.69) is 33.4 Å². The summed E-state index contributed by atoms with van der Waals surface area (Å²) in [5, 5.41) is 0. The van der Waals surface area contributed by atoms with Gasteiger partial charge in [0.05, 0.1) is 27.3 Å². The summed E-state index contributed by atoms with van der Waals surface area (Å²) in [6.07, 6.45) is 4.18. The summed E-state index contributed by atoms with van der Waals surface area (Å²) in [5.41, 5.74) is 0. The van der Waals surface area contributed by atoms with Crippen molar-refractivity contribution in [2.75, 3.05) is 21.1 Å². The number of quaternary nitrogens is 1. The van der Waals surface area contributed by atoms with Gasteiger partial charge in [-0.05, 0) is 13.0 Å². The summed E-state index contributed by atoms with van der Waals surface area (Å²) in [6.45, 7) is 2.03. The van der Waals surface area contributed by atoms with Crippen LogP contribution in [0, 0.1) is 0 Å². The van der Waals surface area contributed by atoms with Crippen molar-refractivity contribution in [1.82, 2.24) is 0 Å². The van der Waals surface area contributed by atoms with E-state index in [1.54, 1.807) is 0 Å². The van der Waals surface area contributed by atoms with Gasteiger partial charge in [0.2, 0.25) is 0 Å². The van der Waals surface area contributed by atoms with E-state index in [-0.39, 0.29) is 0 Å². The second-order valence-electron chi connectivity index (χ2n) is 2.60. The molecule has 0 amide bonds. The van der Waals surface area contributed by atoms with Crippen LogP contribution in [0.3, 0.4) is 0 Å². The summed E-state index contributed by atoms with van der Waals surface area (Å²) in [7, 11) is 6.38. The van der Waals surface area contributed by atoms with E-state index in [1.165, 1.54) is 0 Å². The Bertz CT molecular complexity index is 66.7. The lowest BCUT2D eigenvalue weighted by Gasteiger charge is -2.16. The lowest BCUT2D eigenvalue weighted by Crippen LogP contribution is -2.26. The number of hydrogen-bond acceptors (Lipinski definition) is 0. The molecular weight excluding hydrogens is 86.1 g/mol. The molecule has 0 bridgehead atoms. The predicted octanol–water partition coefficient (Wildman–Crippen LogP) is 1.23. The van der Waals surface area contributed by atoms with Gasteiger partial charge in [-0.25, -0.2) is 0 Å². The largest absolute Gasteiger partial charge is 0.305 e. The lowest BCUT2D eigenvalue weighted by molar-refractivity contribution is -0.817. The van der Waals surface area contributed by atoms with Crippen molar-refractivity contribution in [2.24, 2.45) is 0 Å². The summed E-state index contributed by atoms with van der Waals surface area (Å²) in [5.74, 6) is 0. The van der Waals surface area contributed by atoms with Crippen LogP contribution < -0.4 is 0 Å². The highest BCUT2D eigenvalue weighted by molar-refractivity contribution is 4.64. The zero-order valence-electron chi connectivity index (χ0n) is 5.60. The van der Waals surface area contributed by atoms with Crippen LogP contribution in [-0.4, -0.2) is 25.6 Å². The molecule has 0 radical (unpaired) electrons. The average molecular weight is 100 g/mol. The molecule has 7 heavy (non-hydrogen) atoms. The van der Waals surface area contributed by atoms with Gasteiger partial charge in [0.15, 0.2) is 0 Å². The molecular formula is C6H14N+. The van der Waals surface area contributed by atoms with E-state index in [0.717, 1.165) is 4.48 Å². The van der Waals surface area contributed by atoms with E-state index in [4.69, 9.17) is 0 Å². The molecule has 42 valence electrons. The van der Waals surface area contributed by atoms with E-state index in [0.29, 0.717) is 0 Å². The summed E-state index contributed by atoms with van der Waals surface area (Å²) < 4.78 is 0.913. The van der Waals surface area contributed by atoms with E-state index in [1.807, 2.05) is 6.92 Å². The second-order valence-corrected chi connectivity index (χ2v) is 2.60. The maximum atomic E-state index is 2.12. The molecule has 0 fully saturated rings. The third-order valence-electron chi connectivity index (χ3n) is 0.596. The molecule has 0 aromatic rings. The molecule has 0 aromatic heterocycles. The zero-order valence-corrected chi connectivity index (χ0v) is 5.60. The van der Waals surface area contributed by atoms with Gasteiger partial charge in [0.1, 0.15) is 0 Å². The van der Waals surface area contributed by atoms with Crippen molar-refractivity contribution >= 4 is 0 Å². The third-order valence-corrected chi connectivity index (χ3v) is 0.596. The van der Waals surface area contributed by atoms with Crippen molar-refractivity contribution in [3.8, 4) is 0 Å². The number of nitrogens with zero attached hydrogens (tertiary/aromatic N) is 1. The maximum Gasteiger partial charge on any atom is 0.0908 e. The maximum absolute atomic E-state index is 2.12. The number of allylic oxidation sites excluding steroid dienone is 1. The van der Waals surface area contributed by atoms with Gasteiger partial charge in [0, 0.05) is 0 Å². The van der Waals surface area contributed by atoms with Crippen molar-refractivity contribution in [2.45, 2.75) is 6.92 Å². The van der Waals surface area contributed by atoms with Crippen LogP contribution in [0.2, 0.25) is 0 Å². The molecule has 0 saturated heterocycles. The zero-order chi connectivity index (χ0) is 5.91. The molecule has 0 rings (SSSR count). The molecule has 1 nitrogen and oxygen atoms in total. The highest BCUT2D eigenvalue weighted by Crippen LogP contribution is 1.88. The van der Waals surface area contributed by atoms with E-state index >= 15 is 0 Å². The minimum atomic E-state index is 0.913. The van der Waals surface area contributed by atoms with Gasteiger partial charge in [-0.15, -0.1) is 0 Å². The predicted molar refractivity (Wildman–Crippen MR) is 32.8 cm³/mol. The molecule has 0 aliphatic rings. The van der Waals surface area contributed by atoms with Crippen LogP contribution in [0.25, 0.3) is 0 Å². The molecule has 0 aliphatic heterocycles. The van der Waals surface area contributed by atoms with Crippen molar-refractivity contribution < 1.29 is 4.48 Å². The fraction of sp³-hybridized carbons (Fsp3) is 0.667. The number of rotatable bonds is 1. The van der Waals surface area contributed by atoms with Gasteiger partial charge in [-0.2, -0.15) is 0 Å². The first-order chi connectivity index (χ1) is 3.06. The fourth-order valence-corrected chi connectivity index (χ4v) is 0.447. The molecule has 1 heteroatoms. The molecule has 0 atom stereocenters. The van der Waals surface area contributed by atoms with E-state index < -0.39 is 0 Å². The van der Waals surface area contributed by atoms with Crippen molar-refractivity contribution in [3.63, 3.8) is 0 Å².